The summed E-state index contributed by atoms with van der Waals surface area (Å²) < 4.78 is 15.7. The fourth-order valence-corrected chi connectivity index (χ4v) is 4.24. The van der Waals surface area contributed by atoms with Gasteiger partial charge in [-0.15, -0.1) is 5.10 Å². The number of hydrogen-bond acceptors (Lipinski definition) is 5. The van der Waals surface area contributed by atoms with E-state index in [4.69, 9.17) is 0 Å². The van der Waals surface area contributed by atoms with Crippen LogP contribution in [0, 0.1) is 6.92 Å². The minimum absolute atomic E-state index is 0.0417. The lowest BCUT2D eigenvalue weighted by molar-refractivity contribution is -0.139. The Kier molecular flexibility index (Phi) is 7.00. The molecule has 1 aromatic heterocycles. The Hall–Kier alpha value is -3.62. The van der Waals surface area contributed by atoms with Crippen LogP contribution in [0.4, 0.5) is 4.39 Å². The van der Waals surface area contributed by atoms with Gasteiger partial charge < -0.3 is 10.2 Å². The number of halogens is 1. The van der Waals surface area contributed by atoms with Crippen molar-refractivity contribution in [2.45, 2.75) is 57.9 Å². The van der Waals surface area contributed by atoms with E-state index in [1.165, 1.54) is 15.1 Å². The number of aromatic nitrogens is 4. The number of benzene rings is 2. The van der Waals surface area contributed by atoms with Crippen LogP contribution in [-0.2, 0) is 16.1 Å². The highest BCUT2D eigenvalue weighted by Crippen LogP contribution is 2.27. The minimum atomic E-state index is -1.27. The number of tetrazole rings is 1. The van der Waals surface area contributed by atoms with Crippen LogP contribution in [0.3, 0.4) is 0 Å². The SMILES string of the molecule is Cc1nnnn1CC(=O)N1C[C@H](F)C[C@H]1C(=O)N[C@@H](c1ccccc1)c1ccc(C(C)C)cc1. The highest BCUT2D eigenvalue weighted by molar-refractivity contribution is 5.88. The lowest BCUT2D eigenvalue weighted by Gasteiger charge is -2.27. The molecule has 0 bridgehead atoms. The summed E-state index contributed by atoms with van der Waals surface area (Å²) in [4.78, 5) is 27.6. The quantitative estimate of drug-likeness (QED) is 0.580. The van der Waals surface area contributed by atoms with Crippen molar-refractivity contribution in [2.75, 3.05) is 6.54 Å². The van der Waals surface area contributed by atoms with Gasteiger partial charge in [0.05, 0.1) is 12.6 Å². The van der Waals surface area contributed by atoms with Crippen molar-refractivity contribution in [1.82, 2.24) is 30.4 Å². The summed E-state index contributed by atoms with van der Waals surface area (Å²) in [6.45, 7) is 5.66. The van der Waals surface area contributed by atoms with Gasteiger partial charge in [-0.3, -0.25) is 9.59 Å². The molecule has 0 unspecified atom stereocenters. The molecule has 2 amide bonds. The predicted molar refractivity (Wildman–Crippen MR) is 125 cm³/mol. The third kappa shape index (κ3) is 5.13. The van der Waals surface area contributed by atoms with Gasteiger partial charge in [0.2, 0.25) is 11.8 Å². The van der Waals surface area contributed by atoms with E-state index < -0.39 is 24.2 Å². The van der Waals surface area contributed by atoms with E-state index in [-0.39, 0.29) is 25.4 Å². The summed E-state index contributed by atoms with van der Waals surface area (Å²) in [5.41, 5.74) is 3.03. The number of carbonyl (C=O) groups excluding carboxylic acids is 2. The van der Waals surface area contributed by atoms with Crippen molar-refractivity contribution in [3.63, 3.8) is 0 Å². The van der Waals surface area contributed by atoms with Gasteiger partial charge in [0, 0.05) is 6.42 Å². The smallest absolute Gasteiger partial charge is 0.245 e. The minimum Gasteiger partial charge on any atom is -0.343 e. The van der Waals surface area contributed by atoms with Crippen molar-refractivity contribution in [3.8, 4) is 0 Å². The molecule has 2 heterocycles. The Bertz CT molecular complexity index is 1130. The number of amides is 2. The molecule has 178 valence electrons. The summed E-state index contributed by atoms with van der Waals surface area (Å²) in [7, 11) is 0. The highest BCUT2D eigenvalue weighted by atomic mass is 19.1. The molecule has 0 aliphatic carbocycles. The van der Waals surface area contributed by atoms with Crippen LogP contribution in [0.2, 0.25) is 0 Å². The molecule has 0 saturated carbocycles. The Morgan fingerprint density at radius 2 is 1.71 bits per heavy atom. The largest absolute Gasteiger partial charge is 0.343 e. The van der Waals surface area contributed by atoms with E-state index in [9.17, 15) is 14.0 Å². The first kappa shape index (κ1) is 23.5. The summed E-state index contributed by atoms with van der Waals surface area (Å²) in [6, 6.07) is 16.4. The fourth-order valence-electron chi connectivity index (χ4n) is 4.24. The van der Waals surface area contributed by atoms with Crippen LogP contribution in [-0.4, -0.2) is 55.7 Å². The van der Waals surface area contributed by atoms with E-state index in [1.807, 2.05) is 42.5 Å². The maximum atomic E-state index is 14.4. The Morgan fingerprint density at radius 1 is 1.06 bits per heavy atom. The van der Waals surface area contributed by atoms with Crippen LogP contribution in [0.15, 0.2) is 54.6 Å². The molecule has 3 aromatic rings. The molecular weight excluding hydrogens is 435 g/mol. The molecule has 3 atom stereocenters. The van der Waals surface area contributed by atoms with Crippen molar-refractivity contribution in [1.29, 1.82) is 0 Å². The van der Waals surface area contributed by atoms with Gasteiger partial charge in [-0.25, -0.2) is 9.07 Å². The maximum absolute atomic E-state index is 14.4. The van der Waals surface area contributed by atoms with Gasteiger partial charge in [-0.2, -0.15) is 0 Å². The normalized spacial score (nSPS) is 18.8. The zero-order valence-electron chi connectivity index (χ0n) is 19.6. The van der Waals surface area contributed by atoms with Gasteiger partial charge in [0.25, 0.3) is 0 Å². The van der Waals surface area contributed by atoms with Crippen LogP contribution in [0.5, 0.6) is 0 Å². The van der Waals surface area contributed by atoms with Gasteiger partial charge in [0.15, 0.2) is 0 Å². The molecule has 9 heteroatoms. The van der Waals surface area contributed by atoms with E-state index in [2.05, 4.69) is 46.8 Å². The Morgan fingerprint density at radius 3 is 2.32 bits per heavy atom. The molecule has 2 aromatic carbocycles. The average Bonchev–Trinajstić information content (AvgIpc) is 3.43. The van der Waals surface area contributed by atoms with Gasteiger partial charge >= 0.3 is 0 Å². The number of rotatable bonds is 7. The second-order valence-electron chi connectivity index (χ2n) is 8.95. The first-order valence-electron chi connectivity index (χ1n) is 11.4. The van der Waals surface area contributed by atoms with Crippen molar-refractivity contribution < 1.29 is 14.0 Å². The van der Waals surface area contributed by atoms with Crippen LogP contribution in [0.1, 0.15) is 54.7 Å². The number of hydrogen-bond donors (Lipinski definition) is 1. The third-order valence-corrected chi connectivity index (χ3v) is 6.22. The number of nitrogens with zero attached hydrogens (tertiary/aromatic N) is 5. The van der Waals surface area contributed by atoms with Crippen molar-refractivity contribution >= 4 is 11.8 Å². The summed E-state index contributed by atoms with van der Waals surface area (Å²) >= 11 is 0. The monoisotopic (exact) mass is 464 g/mol. The van der Waals surface area contributed by atoms with E-state index in [1.54, 1.807) is 6.92 Å². The van der Waals surface area contributed by atoms with E-state index >= 15 is 0 Å². The molecule has 1 aliphatic heterocycles. The molecule has 1 N–H and O–H groups in total. The Balaban J connectivity index is 1.56. The topological polar surface area (TPSA) is 93.0 Å². The van der Waals surface area contributed by atoms with Crippen molar-refractivity contribution in [3.05, 3.63) is 77.1 Å². The molecule has 0 spiro atoms. The second-order valence-corrected chi connectivity index (χ2v) is 8.95. The molecule has 34 heavy (non-hydrogen) atoms. The lowest BCUT2D eigenvalue weighted by atomic mass is 9.95. The van der Waals surface area contributed by atoms with Crippen LogP contribution >= 0.6 is 0 Å². The molecule has 4 rings (SSSR count). The summed E-state index contributed by atoms with van der Waals surface area (Å²) in [5, 5.41) is 14.1. The lowest BCUT2D eigenvalue weighted by Crippen LogP contribution is -2.48. The van der Waals surface area contributed by atoms with Crippen LogP contribution < -0.4 is 5.32 Å². The second kappa shape index (κ2) is 10.1. The van der Waals surface area contributed by atoms with E-state index in [0.29, 0.717) is 11.7 Å². The van der Waals surface area contributed by atoms with Gasteiger partial charge in [-0.1, -0.05) is 68.4 Å². The maximum Gasteiger partial charge on any atom is 0.245 e. The van der Waals surface area contributed by atoms with Gasteiger partial charge in [-0.05, 0) is 40.0 Å². The first-order chi connectivity index (χ1) is 16.3. The molecule has 1 saturated heterocycles. The van der Waals surface area contributed by atoms with Gasteiger partial charge in [0.1, 0.15) is 24.6 Å². The number of carbonyl (C=O) groups is 2. The van der Waals surface area contributed by atoms with Crippen molar-refractivity contribution in [2.24, 2.45) is 0 Å². The predicted octanol–water partition coefficient (Wildman–Crippen LogP) is 2.95. The number of likely N-dealkylation sites (tertiary alicyclic amines) is 1. The molecule has 1 fully saturated rings. The standard InChI is InChI=1S/C25H29FN6O2/c1-16(2)18-9-11-20(12-10-18)24(19-7-5-4-6-8-19)27-25(34)22-13-21(26)14-31(22)23(33)15-32-17(3)28-29-30-32/h4-12,16,21-22,24H,13-15H2,1-3H3,(H,27,34)/t21-,22+,24+/m1/s1. The zero-order chi connectivity index (χ0) is 24.2. The summed E-state index contributed by atoms with van der Waals surface area (Å²) in [5.74, 6) is 0.0819. The van der Waals surface area contributed by atoms with E-state index in [0.717, 1.165) is 11.1 Å². The number of alkyl halides is 1. The number of aryl methyl sites for hydroxylation is 1. The Labute approximate surface area is 198 Å². The molecular formula is C25H29FN6O2. The number of nitrogens with one attached hydrogen (secondary N) is 1. The first-order valence-corrected chi connectivity index (χ1v) is 11.4. The average molecular weight is 465 g/mol. The highest BCUT2D eigenvalue weighted by Gasteiger charge is 2.40. The molecule has 0 radical (unpaired) electrons. The van der Waals surface area contributed by atoms with Crippen LogP contribution in [0.25, 0.3) is 0 Å². The zero-order valence-corrected chi connectivity index (χ0v) is 19.6. The molecule has 8 nitrogen and oxygen atoms in total. The third-order valence-electron chi connectivity index (χ3n) is 6.22. The fraction of sp³-hybridized carbons (Fsp3) is 0.400. The summed E-state index contributed by atoms with van der Waals surface area (Å²) in [6.07, 6.45) is -1.31. The molecule has 1 aliphatic rings.